The average molecular weight is 158 g/mol. The number of rotatable bonds is 5. The minimum atomic E-state index is -1.14. The van der Waals surface area contributed by atoms with Gasteiger partial charge in [-0.25, -0.2) is 0 Å². The highest BCUT2D eigenvalue weighted by Crippen LogP contribution is 2.00. The van der Waals surface area contributed by atoms with E-state index in [1.807, 2.05) is 0 Å². The molecule has 0 aromatic rings. The van der Waals surface area contributed by atoms with Gasteiger partial charge in [0.15, 0.2) is 0 Å². The highest BCUT2D eigenvalue weighted by Gasteiger charge is 2.02. The Morgan fingerprint density at radius 3 is 2.91 bits per heavy atom. The second-order valence-corrected chi connectivity index (χ2v) is 1.99. The molecule has 0 aromatic carbocycles. The van der Waals surface area contributed by atoms with Crippen LogP contribution in [0.2, 0.25) is 0 Å². The van der Waals surface area contributed by atoms with Crippen molar-refractivity contribution >= 4 is 5.97 Å². The average Bonchev–Trinajstić information content (AvgIpc) is 1.97. The van der Waals surface area contributed by atoms with Gasteiger partial charge in [0.1, 0.15) is 6.10 Å². The van der Waals surface area contributed by atoms with Crippen molar-refractivity contribution in [2.45, 2.75) is 25.9 Å². The Bertz CT molecular complexity index is 162. The van der Waals surface area contributed by atoms with Gasteiger partial charge in [-0.05, 0) is 19.8 Å². The fourth-order valence-electron chi connectivity index (χ4n) is 0.473. The lowest BCUT2D eigenvalue weighted by atomic mass is 10.2. The van der Waals surface area contributed by atoms with Gasteiger partial charge in [0.05, 0.1) is 0 Å². The van der Waals surface area contributed by atoms with Crippen molar-refractivity contribution in [1.29, 1.82) is 5.26 Å². The van der Waals surface area contributed by atoms with Crippen LogP contribution in [0.25, 0.3) is 0 Å². The molecule has 0 radical (unpaired) electrons. The Hall–Kier alpha value is -1.28. The predicted octanol–water partition coefficient (Wildman–Crippen LogP) is -0.666. The predicted molar refractivity (Wildman–Crippen MR) is 31.5 cm³/mol. The summed E-state index contributed by atoms with van der Waals surface area (Å²) in [6.45, 7) is 1.60. The van der Waals surface area contributed by atoms with Crippen LogP contribution in [0.3, 0.4) is 0 Å². The van der Waals surface area contributed by atoms with Crippen LogP contribution < -0.4 is 5.11 Å². The molecule has 0 N–H and O–H groups in total. The Morgan fingerprint density at radius 1 is 1.82 bits per heavy atom. The lowest BCUT2D eigenvalue weighted by Crippen LogP contribution is -2.23. The summed E-state index contributed by atoms with van der Waals surface area (Å²) in [5.74, 6) is -1.14. The molecule has 0 fully saturated rings. The van der Waals surface area contributed by atoms with Crippen molar-refractivity contribution < 1.29 is 19.7 Å². The van der Waals surface area contributed by atoms with Crippen molar-refractivity contribution in [3.05, 3.63) is 0 Å². The molecule has 0 spiro atoms. The van der Waals surface area contributed by atoms with Gasteiger partial charge in [-0.15, -0.1) is 5.26 Å². The Labute approximate surface area is 64.1 Å². The van der Waals surface area contributed by atoms with E-state index in [2.05, 4.69) is 9.78 Å². The van der Waals surface area contributed by atoms with Gasteiger partial charge in [-0.3, -0.25) is 4.89 Å². The fraction of sp³-hybridized carbons (Fsp3) is 0.667. The summed E-state index contributed by atoms with van der Waals surface area (Å²) in [5, 5.41) is 17.8. The van der Waals surface area contributed by atoms with Crippen LogP contribution in [0, 0.1) is 11.5 Å². The van der Waals surface area contributed by atoms with Crippen LogP contribution in [0.4, 0.5) is 0 Å². The van der Waals surface area contributed by atoms with E-state index in [9.17, 15) is 9.90 Å². The Kier molecular flexibility index (Phi) is 4.86. The summed E-state index contributed by atoms with van der Waals surface area (Å²) in [5.41, 5.74) is 0. The van der Waals surface area contributed by atoms with Gasteiger partial charge in [-0.2, -0.15) is 4.89 Å². The highest BCUT2D eigenvalue weighted by molar-refractivity contribution is 5.64. The number of carbonyl (C=O) groups excluding carboxylic acids is 1. The van der Waals surface area contributed by atoms with Crippen molar-refractivity contribution in [3.63, 3.8) is 0 Å². The number of carboxylic acids is 1. The summed E-state index contributed by atoms with van der Waals surface area (Å²) >= 11 is 0. The van der Waals surface area contributed by atoms with E-state index in [1.165, 1.54) is 6.26 Å². The zero-order chi connectivity index (χ0) is 8.69. The van der Waals surface area contributed by atoms with Crippen LogP contribution in [0.5, 0.6) is 0 Å². The first-order chi connectivity index (χ1) is 5.16. The summed E-state index contributed by atoms with van der Waals surface area (Å²) in [7, 11) is 0. The third kappa shape index (κ3) is 6.61. The second-order valence-electron chi connectivity index (χ2n) is 1.99. The number of hydrogen-bond acceptors (Lipinski definition) is 5. The van der Waals surface area contributed by atoms with Crippen LogP contribution in [-0.4, -0.2) is 12.1 Å². The number of nitrogens with zero attached hydrogens (tertiary/aromatic N) is 1. The van der Waals surface area contributed by atoms with Gasteiger partial charge in [0.2, 0.25) is 0 Å². The molecule has 0 amide bonds. The molecule has 0 rings (SSSR count). The van der Waals surface area contributed by atoms with Crippen molar-refractivity contribution in [3.8, 4) is 6.26 Å². The van der Waals surface area contributed by atoms with Gasteiger partial charge in [0.25, 0.3) is 0 Å². The first-order valence-corrected chi connectivity index (χ1v) is 3.08. The topological polar surface area (TPSA) is 82.4 Å². The van der Waals surface area contributed by atoms with E-state index in [4.69, 9.17) is 5.26 Å². The molecule has 0 aliphatic heterocycles. The van der Waals surface area contributed by atoms with Gasteiger partial charge >= 0.3 is 6.26 Å². The maximum absolute atomic E-state index is 9.91. The molecule has 0 bridgehead atoms. The van der Waals surface area contributed by atoms with E-state index in [1.54, 1.807) is 6.92 Å². The minimum Gasteiger partial charge on any atom is -0.550 e. The Morgan fingerprint density at radius 2 is 2.45 bits per heavy atom. The normalized spacial score (nSPS) is 11.6. The van der Waals surface area contributed by atoms with Crippen LogP contribution in [0.15, 0.2) is 0 Å². The second kappa shape index (κ2) is 5.50. The quantitative estimate of drug-likeness (QED) is 0.301. The van der Waals surface area contributed by atoms with Crippen LogP contribution >= 0.6 is 0 Å². The summed E-state index contributed by atoms with van der Waals surface area (Å²) < 4.78 is 0. The number of aliphatic carboxylic acids is 1. The molecular weight excluding hydrogens is 150 g/mol. The first-order valence-electron chi connectivity index (χ1n) is 3.08. The molecule has 5 nitrogen and oxygen atoms in total. The third-order valence-electron chi connectivity index (χ3n) is 1.00. The largest absolute Gasteiger partial charge is 0.550 e. The standard InChI is InChI=1S/C6H9NO4/c1-5(11-10-4-7)2-3-6(8)9/h5H,2-3H2,1H3,(H,8,9)/p-1. The van der Waals surface area contributed by atoms with Gasteiger partial charge < -0.3 is 9.90 Å². The smallest absolute Gasteiger partial charge is 0.324 e. The third-order valence-corrected chi connectivity index (χ3v) is 1.00. The maximum Gasteiger partial charge on any atom is 0.324 e. The monoisotopic (exact) mass is 158 g/mol. The molecule has 0 aliphatic rings. The van der Waals surface area contributed by atoms with Crippen molar-refractivity contribution in [2.24, 2.45) is 0 Å². The SMILES string of the molecule is CC(CCC(=O)[O-])OOC#N. The van der Waals surface area contributed by atoms with E-state index < -0.39 is 12.1 Å². The molecule has 1 atom stereocenters. The Balaban J connectivity index is 3.31. The molecule has 11 heavy (non-hydrogen) atoms. The molecule has 0 saturated heterocycles. The van der Waals surface area contributed by atoms with E-state index in [0.29, 0.717) is 0 Å². The van der Waals surface area contributed by atoms with E-state index in [0.717, 1.165) is 0 Å². The number of carbonyl (C=O) groups is 1. The molecule has 0 aliphatic carbocycles. The maximum atomic E-state index is 9.91. The van der Waals surface area contributed by atoms with Crippen LogP contribution in [-0.2, 0) is 14.6 Å². The van der Waals surface area contributed by atoms with Crippen molar-refractivity contribution in [2.75, 3.05) is 0 Å². The van der Waals surface area contributed by atoms with Crippen molar-refractivity contribution in [1.82, 2.24) is 0 Å². The van der Waals surface area contributed by atoms with Gasteiger partial charge in [-0.1, -0.05) is 0 Å². The molecule has 1 unspecified atom stereocenters. The fourth-order valence-corrected chi connectivity index (χ4v) is 0.473. The zero-order valence-electron chi connectivity index (χ0n) is 6.07. The molecule has 0 heterocycles. The van der Waals surface area contributed by atoms with E-state index in [-0.39, 0.29) is 12.8 Å². The summed E-state index contributed by atoms with van der Waals surface area (Å²) in [6, 6.07) is 0. The first kappa shape index (κ1) is 9.72. The minimum absolute atomic E-state index is 0.101. The van der Waals surface area contributed by atoms with Gasteiger partial charge in [0, 0.05) is 5.97 Å². The zero-order valence-corrected chi connectivity index (χ0v) is 6.07. The number of carboxylic acid groups (broad SMARTS) is 1. The number of hydrogen-bond donors (Lipinski definition) is 0. The molecule has 0 aromatic heterocycles. The summed E-state index contributed by atoms with van der Waals surface area (Å²) in [4.78, 5) is 18.2. The lowest BCUT2D eigenvalue weighted by Gasteiger charge is -2.07. The highest BCUT2D eigenvalue weighted by atomic mass is 17.2. The lowest BCUT2D eigenvalue weighted by molar-refractivity contribution is -0.308. The molecule has 62 valence electrons. The van der Waals surface area contributed by atoms with E-state index >= 15 is 0 Å². The van der Waals surface area contributed by atoms with Crippen LogP contribution in [0.1, 0.15) is 19.8 Å². The number of nitriles is 1. The molecule has 0 saturated carbocycles. The molecular formula is C6H8NO4-. The molecule has 5 heteroatoms. The summed E-state index contributed by atoms with van der Waals surface area (Å²) in [6.07, 6.45) is 1.06.